The summed E-state index contributed by atoms with van der Waals surface area (Å²) in [6.07, 6.45) is 0. The molecule has 0 aromatic heterocycles. The predicted molar refractivity (Wildman–Crippen MR) is 42.5 cm³/mol. The number of carbonyl (C=O) groups excluding carboxylic acids is 1. The Balaban J connectivity index is 2.73. The van der Waals surface area contributed by atoms with Crippen LogP contribution in [0, 0.1) is 17.8 Å². The highest BCUT2D eigenvalue weighted by atomic mass is 16.5. The van der Waals surface area contributed by atoms with Crippen molar-refractivity contribution in [2.24, 2.45) is 17.8 Å². The lowest BCUT2D eigenvalue weighted by molar-refractivity contribution is -0.138. The standard InChI is InChI=1S/C8H12N2O2/c1-4-5(2)6(4)7(10-9)8(11)12-3/h4-6H,1-3H3/t4-,5-/m1/s1. The van der Waals surface area contributed by atoms with Gasteiger partial charge < -0.3 is 10.3 Å². The van der Waals surface area contributed by atoms with Crippen LogP contribution in [0.4, 0.5) is 0 Å². The van der Waals surface area contributed by atoms with Crippen molar-refractivity contribution in [3.05, 3.63) is 5.53 Å². The van der Waals surface area contributed by atoms with Crippen molar-refractivity contribution in [3.8, 4) is 0 Å². The Morgan fingerprint density at radius 1 is 1.42 bits per heavy atom. The highest BCUT2D eigenvalue weighted by Gasteiger charge is 2.54. The molecule has 0 unspecified atom stereocenters. The molecule has 4 nitrogen and oxygen atoms in total. The SMILES string of the molecule is COC(=O)C(=[N+]=[N-])C1[C@H](C)[C@H]1C. The zero-order valence-corrected chi connectivity index (χ0v) is 7.44. The smallest absolute Gasteiger partial charge is 0.416 e. The van der Waals surface area contributed by atoms with Gasteiger partial charge >= 0.3 is 11.7 Å². The van der Waals surface area contributed by atoms with Crippen molar-refractivity contribution in [1.29, 1.82) is 0 Å². The molecular weight excluding hydrogens is 156 g/mol. The first-order chi connectivity index (χ1) is 5.63. The fourth-order valence-corrected chi connectivity index (χ4v) is 1.51. The van der Waals surface area contributed by atoms with Crippen molar-refractivity contribution in [3.63, 3.8) is 0 Å². The first kappa shape index (κ1) is 8.94. The Hall–Kier alpha value is -1.15. The second kappa shape index (κ2) is 3.07. The molecule has 1 fully saturated rings. The molecule has 12 heavy (non-hydrogen) atoms. The van der Waals surface area contributed by atoms with Gasteiger partial charge in [0.05, 0.1) is 13.0 Å². The van der Waals surface area contributed by atoms with E-state index in [1.807, 2.05) is 13.8 Å². The first-order valence-corrected chi connectivity index (χ1v) is 3.93. The van der Waals surface area contributed by atoms with E-state index in [1.165, 1.54) is 7.11 Å². The Morgan fingerprint density at radius 2 is 1.92 bits per heavy atom. The highest BCUT2D eigenvalue weighted by Crippen LogP contribution is 2.45. The summed E-state index contributed by atoms with van der Waals surface area (Å²) in [6.45, 7) is 4.03. The average Bonchev–Trinajstić information content (AvgIpc) is 2.63. The summed E-state index contributed by atoms with van der Waals surface area (Å²) < 4.78 is 4.47. The number of hydrogen-bond donors (Lipinski definition) is 0. The molecule has 0 aliphatic heterocycles. The van der Waals surface area contributed by atoms with Gasteiger partial charge in [-0.05, 0) is 11.8 Å². The van der Waals surface area contributed by atoms with E-state index >= 15 is 0 Å². The van der Waals surface area contributed by atoms with Gasteiger partial charge in [0.25, 0.3) is 0 Å². The molecular formula is C8H12N2O2. The molecule has 0 heterocycles. The van der Waals surface area contributed by atoms with Gasteiger partial charge in [-0.1, -0.05) is 13.8 Å². The molecule has 1 aliphatic rings. The normalized spacial score (nSPS) is 32.1. The number of methoxy groups -OCH3 is 1. The third-order valence-electron chi connectivity index (χ3n) is 2.64. The molecule has 0 bridgehead atoms. The van der Waals surface area contributed by atoms with E-state index in [-0.39, 0.29) is 11.6 Å². The van der Waals surface area contributed by atoms with Gasteiger partial charge in [0.2, 0.25) is 0 Å². The van der Waals surface area contributed by atoms with Gasteiger partial charge in [-0.25, -0.2) is 4.79 Å². The third-order valence-corrected chi connectivity index (χ3v) is 2.64. The van der Waals surface area contributed by atoms with E-state index in [4.69, 9.17) is 5.53 Å². The van der Waals surface area contributed by atoms with Crippen molar-refractivity contribution >= 4 is 11.7 Å². The lowest BCUT2D eigenvalue weighted by Crippen LogP contribution is -2.20. The molecule has 4 heteroatoms. The number of ether oxygens (including phenoxy) is 1. The van der Waals surface area contributed by atoms with Crippen molar-refractivity contribution in [1.82, 2.24) is 0 Å². The topological polar surface area (TPSA) is 62.7 Å². The van der Waals surface area contributed by atoms with E-state index < -0.39 is 5.97 Å². The van der Waals surface area contributed by atoms with Crippen LogP contribution in [0.3, 0.4) is 0 Å². The molecule has 1 saturated carbocycles. The summed E-state index contributed by atoms with van der Waals surface area (Å²) in [6, 6.07) is 0. The number of hydrogen-bond acceptors (Lipinski definition) is 2. The molecule has 1 aliphatic carbocycles. The third kappa shape index (κ3) is 1.25. The Bertz CT molecular complexity index is 248. The zero-order chi connectivity index (χ0) is 9.30. The van der Waals surface area contributed by atoms with Crippen LogP contribution in [0.5, 0.6) is 0 Å². The quantitative estimate of drug-likeness (QED) is 0.264. The van der Waals surface area contributed by atoms with E-state index in [2.05, 4.69) is 9.53 Å². The van der Waals surface area contributed by atoms with E-state index in [1.54, 1.807) is 0 Å². The molecule has 0 spiro atoms. The summed E-state index contributed by atoms with van der Waals surface area (Å²) in [5.41, 5.74) is 8.71. The van der Waals surface area contributed by atoms with Crippen LogP contribution < -0.4 is 0 Å². The minimum Gasteiger partial charge on any atom is -0.460 e. The molecule has 0 aromatic carbocycles. The number of esters is 1. The van der Waals surface area contributed by atoms with E-state index in [0.29, 0.717) is 11.8 Å². The van der Waals surface area contributed by atoms with E-state index in [9.17, 15) is 4.79 Å². The molecule has 0 amide bonds. The van der Waals surface area contributed by atoms with Crippen LogP contribution in [-0.4, -0.2) is 23.6 Å². The summed E-state index contributed by atoms with van der Waals surface area (Å²) in [5.74, 6) is 0.367. The lowest BCUT2D eigenvalue weighted by Gasteiger charge is -1.90. The van der Waals surface area contributed by atoms with Crippen LogP contribution in [-0.2, 0) is 9.53 Å². The Kier molecular flexibility index (Phi) is 2.29. The highest BCUT2D eigenvalue weighted by molar-refractivity contribution is 6.35. The minimum atomic E-state index is -0.529. The van der Waals surface area contributed by atoms with Gasteiger partial charge in [0, 0.05) is 0 Å². The fraction of sp³-hybridized carbons (Fsp3) is 0.750. The second-order valence-electron chi connectivity index (χ2n) is 3.22. The van der Waals surface area contributed by atoms with Crippen LogP contribution in [0.2, 0.25) is 0 Å². The maximum atomic E-state index is 11.0. The molecule has 2 atom stereocenters. The molecule has 0 aromatic rings. The molecule has 0 saturated heterocycles. The lowest BCUT2D eigenvalue weighted by atomic mass is 10.2. The predicted octanol–water partition coefficient (Wildman–Crippen LogP) is 0.732. The maximum absolute atomic E-state index is 11.0. The van der Waals surface area contributed by atoms with Gasteiger partial charge in [-0.15, -0.1) is 0 Å². The van der Waals surface area contributed by atoms with Crippen LogP contribution in [0.15, 0.2) is 0 Å². The summed E-state index contributed by atoms with van der Waals surface area (Å²) >= 11 is 0. The number of carbonyl (C=O) groups is 1. The summed E-state index contributed by atoms with van der Waals surface area (Å²) in [5, 5.41) is 0. The van der Waals surface area contributed by atoms with Crippen LogP contribution >= 0.6 is 0 Å². The van der Waals surface area contributed by atoms with Crippen LogP contribution in [0.25, 0.3) is 5.53 Å². The second-order valence-corrected chi connectivity index (χ2v) is 3.22. The van der Waals surface area contributed by atoms with Crippen molar-refractivity contribution in [2.75, 3.05) is 7.11 Å². The number of rotatable bonds is 2. The van der Waals surface area contributed by atoms with Crippen molar-refractivity contribution in [2.45, 2.75) is 13.8 Å². The first-order valence-electron chi connectivity index (χ1n) is 3.93. The molecule has 66 valence electrons. The van der Waals surface area contributed by atoms with Gasteiger partial charge in [-0.3, -0.25) is 0 Å². The fourth-order valence-electron chi connectivity index (χ4n) is 1.51. The average molecular weight is 168 g/mol. The molecule has 0 radical (unpaired) electrons. The van der Waals surface area contributed by atoms with Gasteiger partial charge in [0.15, 0.2) is 0 Å². The summed E-state index contributed by atoms with van der Waals surface area (Å²) in [4.78, 5) is 14.0. The van der Waals surface area contributed by atoms with E-state index in [0.717, 1.165) is 0 Å². The van der Waals surface area contributed by atoms with Crippen molar-refractivity contribution < 1.29 is 14.3 Å². The monoisotopic (exact) mass is 168 g/mol. The Morgan fingerprint density at radius 3 is 2.17 bits per heavy atom. The van der Waals surface area contributed by atoms with Gasteiger partial charge in [-0.2, -0.15) is 4.79 Å². The molecule has 0 N–H and O–H groups in total. The largest absolute Gasteiger partial charge is 0.460 e. The zero-order valence-electron chi connectivity index (χ0n) is 7.44. The number of nitrogens with zero attached hydrogens (tertiary/aromatic N) is 2. The maximum Gasteiger partial charge on any atom is 0.416 e. The van der Waals surface area contributed by atoms with Gasteiger partial charge in [0.1, 0.15) is 0 Å². The van der Waals surface area contributed by atoms with Crippen LogP contribution in [0.1, 0.15) is 13.8 Å². The Labute approximate surface area is 71.1 Å². The summed E-state index contributed by atoms with van der Waals surface area (Å²) in [7, 11) is 1.28. The molecule has 1 rings (SSSR count). The minimum absolute atomic E-state index is 0.0717.